The summed E-state index contributed by atoms with van der Waals surface area (Å²) < 4.78 is 14.5. The summed E-state index contributed by atoms with van der Waals surface area (Å²) in [5, 5.41) is 2.70. The fourth-order valence-electron chi connectivity index (χ4n) is 2.21. The highest BCUT2D eigenvalue weighted by molar-refractivity contribution is 5.76. The first-order valence-corrected chi connectivity index (χ1v) is 7.22. The van der Waals surface area contributed by atoms with Gasteiger partial charge in [0, 0.05) is 19.5 Å². The monoisotopic (exact) mass is 307 g/mol. The number of nitrogens with zero attached hydrogens (tertiary/aromatic N) is 1. The maximum absolute atomic E-state index is 13.2. The highest BCUT2D eigenvalue weighted by Gasteiger charge is 2.08. The fraction of sp³-hybridized carbons (Fsp3) is 0.400. The third-order valence-electron chi connectivity index (χ3n) is 3.35. The van der Waals surface area contributed by atoms with Gasteiger partial charge in [-0.1, -0.05) is 13.3 Å². The van der Waals surface area contributed by atoms with E-state index in [1.54, 1.807) is 0 Å². The molecule has 0 aliphatic heterocycles. The van der Waals surface area contributed by atoms with Crippen molar-refractivity contribution in [3.63, 3.8) is 0 Å². The number of hydrogen-bond donors (Lipinski definition) is 2. The normalized spacial score (nSPS) is 10.8. The van der Waals surface area contributed by atoms with E-state index in [4.69, 9.17) is 0 Å². The van der Waals surface area contributed by atoms with Crippen LogP contribution in [0.15, 0.2) is 27.8 Å². The fourth-order valence-corrected chi connectivity index (χ4v) is 2.21. The summed E-state index contributed by atoms with van der Waals surface area (Å²) in [6.07, 6.45) is 2.17. The Labute approximate surface area is 126 Å². The van der Waals surface area contributed by atoms with E-state index in [2.05, 4.69) is 10.3 Å². The smallest absolute Gasteiger partial charge is 0.316 e. The minimum absolute atomic E-state index is 0.0879. The zero-order chi connectivity index (χ0) is 16.1. The van der Waals surface area contributed by atoms with Crippen LogP contribution < -0.4 is 16.4 Å². The summed E-state index contributed by atoms with van der Waals surface area (Å²) in [6.45, 7) is 2.38. The SMILES string of the molecule is CCCCC(=O)NCCn1c(=O)c(=O)[nH]c2cc(F)ccc21. The zero-order valence-electron chi connectivity index (χ0n) is 12.3. The third kappa shape index (κ3) is 3.60. The lowest BCUT2D eigenvalue weighted by Gasteiger charge is -2.10. The molecule has 0 bridgehead atoms. The van der Waals surface area contributed by atoms with Gasteiger partial charge in [0.2, 0.25) is 5.91 Å². The zero-order valence-corrected chi connectivity index (χ0v) is 12.3. The Bertz CT molecular complexity index is 795. The molecule has 6 nitrogen and oxygen atoms in total. The van der Waals surface area contributed by atoms with Gasteiger partial charge in [-0.2, -0.15) is 0 Å². The first kappa shape index (κ1) is 15.9. The van der Waals surface area contributed by atoms with E-state index in [-0.39, 0.29) is 24.5 Å². The van der Waals surface area contributed by atoms with Crippen LogP contribution in [0.5, 0.6) is 0 Å². The summed E-state index contributed by atoms with van der Waals surface area (Å²) in [7, 11) is 0. The molecule has 0 aliphatic rings. The Hall–Kier alpha value is -2.44. The molecule has 0 radical (unpaired) electrons. The number of amides is 1. The number of aromatic nitrogens is 2. The van der Waals surface area contributed by atoms with Gasteiger partial charge in [-0.15, -0.1) is 0 Å². The predicted octanol–water partition coefficient (Wildman–Crippen LogP) is 1.14. The standard InChI is InChI=1S/C15H18FN3O3/c1-2-3-4-13(20)17-7-8-19-12-6-5-10(16)9-11(12)18-14(21)15(19)22/h5-6,9H,2-4,7-8H2,1H3,(H,17,20)(H,18,21). The Morgan fingerprint density at radius 2 is 2.14 bits per heavy atom. The average Bonchev–Trinajstić information content (AvgIpc) is 2.49. The van der Waals surface area contributed by atoms with Crippen molar-refractivity contribution in [2.24, 2.45) is 0 Å². The Morgan fingerprint density at radius 1 is 1.36 bits per heavy atom. The summed E-state index contributed by atoms with van der Waals surface area (Å²) >= 11 is 0. The summed E-state index contributed by atoms with van der Waals surface area (Å²) in [5.74, 6) is -0.587. The van der Waals surface area contributed by atoms with Crippen molar-refractivity contribution in [1.29, 1.82) is 0 Å². The first-order valence-electron chi connectivity index (χ1n) is 7.22. The highest BCUT2D eigenvalue weighted by Crippen LogP contribution is 2.10. The number of aromatic amines is 1. The van der Waals surface area contributed by atoms with Gasteiger partial charge in [-0.05, 0) is 24.6 Å². The summed E-state index contributed by atoms with van der Waals surface area (Å²) in [5.41, 5.74) is -0.854. The Kier molecular flexibility index (Phi) is 5.08. The molecule has 1 amide bonds. The molecular weight excluding hydrogens is 289 g/mol. The van der Waals surface area contributed by atoms with Crippen molar-refractivity contribution in [1.82, 2.24) is 14.9 Å². The molecule has 0 atom stereocenters. The molecule has 2 rings (SSSR count). The second-order valence-corrected chi connectivity index (χ2v) is 5.03. The van der Waals surface area contributed by atoms with Gasteiger partial charge in [0.25, 0.3) is 0 Å². The number of halogens is 1. The number of H-pyrrole nitrogens is 1. The second-order valence-electron chi connectivity index (χ2n) is 5.03. The molecule has 22 heavy (non-hydrogen) atoms. The molecular formula is C15H18FN3O3. The topological polar surface area (TPSA) is 84.0 Å². The molecule has 2 aromatic rings. The number of fused-ring (bicyclic) bond motifs is 1. The molecule has 0 unspecified atom stereocenters. The summed E-state index contributed by atoms with van der Waals surface area (Å²) in [4.78, 5) is 37.4. The van der Waals surface area contributed by atoms with Crippen molar-refractivity contribution in [2.75, 3.05) is 6.54 Å². The van der Waals surface area contributed by atoms with E-state index < -0.39 is 16.9 Å². The summed E-state index contributed by atoms with van der Waals surface area (Å²) in [6, 6.07) is 3.81. The Morgan fingerprint density at radius 3 is 2.86 bits per heavy atom. The van der Waals surface area contributed by atoms with Gasteiger partial charge in [-0.25, -0.2) is 4.39 Å². The number of carbonyl (C=O) groups excluding carboxylic acids is 1. The van der Waals surface area contributed by atoms with Gasteiger partial charge < -0.3 is 14.9 Å². The van der Waals surface area contributed by atoms with E-state index in [0.29, 0.717) is 11.9 Å². The van der Waals surface area contributed by atoms with Crippen molar-refractivity contribution < 1.29 is 9.18 Å². The average molecular weight is 307 g/mol. The molecule has 0 saturated carbocycles. The van der Waals surface area contributed by atoms with Crippen molar-refractivity contribution in [2.45, 2.75) is 32.7 Å². The number of benzene rings is 1. The maximum Gasteiger partial charge on any atom is 0.316 e. The van der Waals surface area contributed by atoms with Crippen LogP contribution in [0.1, 0.15) is 26.2 Å². The molecule has 1 heterocycles. The molecule has 1 aromatic carbocycles. The van der Waals surface area contributed by atoms with Crippen LogP contribution in [0.4, 0.5) is 4.39 Å². The van der Waals surface area contributed by atoms with E-state index in [1.165, 1.54) is 16.7 Å². The molecule has 1 aromatic heterocycles. The van der Waals surface area contributed by atoms with E-state index >= 15 is 0 Å². The van der Waals surface area contributed by atoms with Gasteiger partial charge in [0.15, 0.2) is 0 Å². The quantitative estimate of drug-likeness (QED) is 0.785. The first-order chi connectivity index (χ1) is 10.5. The number of nitrogens with one attached hydrogen (secondary N) is 2. The molecule has 118 valence electrons. The molecule has 7 heteroatoms. The van der Waals surface area contributed by atoms with E-state index in [0.717, 1.165) is 18.9 Å². The molecule has 0 spiro atoms. The van der Waals surface area contributed by atoms with Crippen LogP contribution in [0, 0.1) is 5.82 Å². The number of rotatable bonds is 6. The maximum atomic E-state index is 13.2. The van der Waals surface area contributed by atoms with Crippen LogP contribution in [-0.2, 0) is 11.3 Å². The van der Waals surface area contributed by atoms with Crippen LogP contribution >= 0.6 is 0 Å². The molecule has 0 aliphatic carbocycles. The van der Waals surface area contributed by atoms with Crippen LogP contribution in [0.25, 0.3) is 11.0 Å². The van der Waals surface area contributed by atoms with Crippen LogP contribution in [0.3, 0.4) is 0 Å². The lowest BCUT2D eigenvalue weighted by atomic mass is 10.2. The number of unbranched alkanes of at least 4 members (excludes halogenated alkanes) is 1. The lowest BCUT2D eigenvalue weighted by Crippen LogP contribution is -2.39. The van der Waals surface area contributed by atoms with Crippen molar-refractivity contribution in [3.05, 3.63) is 44.7 Å². The Balaban J connectivity index is 2.20. The number of carbonyl (C=O) groups is 1. The third-order valence-corrected chi connectivity index (χ3v) is 3.35. The molecule has 0 fully saturated rings. The van der Waals surface area contributed by atoms with Gasteiger partial charge in [0.1, 0.15) is 5.82 Å². The van der Waals surface area contributed by atoms with Crippen molar-refractivity contribution >= 4 is 16.9 Å². The highest BCUT2D eigenvalue weighted by atomic mass is 19.1. The van der Waals surface area contributed by atoms with Gasteiger partial charge in [-0.3, -0.25) is 14.4 Å². The van der Waals surface area contributed by atoms with E-state index in [9.17, 15) is 18.8 Å². The van der Waals surface area contributed by atoms with Gasteiger partial charge >= 0.3 is 11.1 Å². The van der Waals surface area contributed by atoms with Crippen molar-refractivity contribution in [3.8, 4) is 0 Å². The molecule has 0 saturated heterocycles. The number of hydrogen-bond acceptors (Lipinski definition) is 3. The lowest BCUT2D eigenvalue weighted by molar-refractivity contribution is -0.121. The molecule has 2 N–H and O–H groups in total. The largest absolute Gasteiger partial charge is 0.354 e. The van der Waals surface area contributed by atoms with Crippen LogP contribution in [-0.4, -0.2) is 22.0 Å². The van der Waals surface area contributed by atoms with Gasteiger partial charge in [0.05, 0.1) is 11.0 Å². The minimum Gasteiger partial charge on any atom is -0.354 e. The minimum atomic E-state index is -0.810. The van der Waals surface area contributed by atoms with Crippen LogP contribution in [0.2, 0.25) is 0 Å². The van der Waals surface area contributed by atoms with E-state index in [1.807, 2.05) is 6.92 Å². The predicted molar refractivity (Wildman–Crippen MR) is 81.3 cm³/mol. The second kappa shape index (κ2) is 7.02.